The van der Waals surface area contributed by atoms with Crippen molar-refractivity contribution in [3.63, 3.8) is 0 Å². The fourth-order valence-corrected chi connectivity index (χ4v) is 3.99. The van der Waals surface area contributed by atoms with E-state index in [1.165, 1.54) is 24.9 Å². The lowest BCUT2D eigenvalue weighted by Crippen LogP contribution is -2.38. The zero-order chi connectivity index (χ0) is 21.7. The van der Waals surface area contributed by atoms with Gasteiger partial charge in [-0.25, -0.2) is 9.78 Å². The first-order valence-electron chi connectivity index (χ1n) is 9.68. The summed E-state index contributed by atoms with van der Waals surface area (Å²) in [4.78, 5) is 42.8. The minimum absolute atomic E-state index is 0.175. The van der Waals surface area contributed by atoms with E-state index in [-0.39, 0.29) is 16.9 Å². The van der Waals surface area contributed by atoms with Crippen LogP contribution in [0.1, 0.15) is 17.0 Å². The number of pyridine rings is 1. The number of anilines is 1. The number of aryl methyl sites for hydroxylation is 1. The highest BCUT2D eigenvalue weighted by molar-refractivity contribution is 6.04. The summed E-state index contributed by atoms with van der Waals surface area (Å²) < 4.78 is 8.24. The molecule has 3 heterocycles. The second-order valence-corrected chi connectivity index (χ2v) is 7.36. The number of hydrogen-bond donors (Lipinski definition) is 1. The number of fused-ring (bicyclic) bond motifs is 3. The smallest absolute Gasteiger partial charge is 0.332 e. The van der Waals surface area contributed by atoms with Crippen LogP contribution in [0.3, 0.4) is 0 Å². The lowest BCUT2D eigenvalue weighted by molar-refractivity contribution is -0.116. The predicted molar refractivity (Wildman–Crippen MR) is 116 cm³/mol. The summed E-state index contributed by atoms with van der Waals surface area (Å²) in [6.07, 6.45) is 1.46. The van der Waals surface area contributed by atoms with Crippen LogP contribution < -0.4 is 21.3 Å². The molecule has 0 unspecified atom stereocenters. The van der Waals surface area contributed by atoms with Crippen molar-refractivity contribution < 1.29 is 9.53 Å². The van der Waals surface area contributed by atoms with Gasteiger partial charge in [-0.3, -0.25) is 18.7 Å². The molecule has 0 bridgehead atoms. The average Bonchev–Trinajstić information content (AvgIpc) is 2.79. The molecule has 31 heavy (non-hydrogen) atoms. The van der Waals surface area contributed by atoms with Gasteiger partial charge in [0, 0.05) is 31.4 Å². The Hall–Kier alpha value is -4.20. The van der Waals surface area contributed by atoms with Crippen molar-refractivity contribution in [2.75, 3.05) is 5.32 Å². The summed E-state index contributed by atoms with van der Waals surface area (Å²) in [7, 11) is 2.93. The Kier molecular flexibility index (Phi) is 4.21. The molecule has 8 heteroatoms. The van der Waals surface area contributed by atoms with Gasteiger partial charge in [0.05, 0.1) is 11.6 Å². The van der Waals surface area contributed by atoms with Gasteiger partial charge in [-0.2, -0.15) is 0 Å². The highest BCUT2D eigenvalue weighted by Gasteiger charge is 2.32. The van der Waals surface area contributed by atoms with Crippen LogP contribution >= 0.6 is 0 Å². The van der Waals surface area contributed by atoms with Gasteiger partial charge < -0.3 is 10.1 Å². The molecule has 4 aromatic rings. The van der Waals surface area contributed by atoms with Crippen LogP contribution in [-0.4, -0.2) is 20.0 Å². The molecule has 0 atom stereocenters. The fraction of sp³-hybridized carbons (Fsp3) is 0.130. The highest BCUT2D eigenvalue weighted by atomic mass is 16.5. The summed E-state index contributed by atoms with van der Waals surface area (Å²) in [5.74, 6) is 0.283. The maximum absolute atomic E-state index is 13.5. The quantitative estimate of drug-likeness (QED) is 0.544. The van der Waals surface area contributed by atoms with Crippen LogP contribution in [0, 0.1) is 0 Å². The van der Waals surface area contributed by atoms with Crippen molar-refractivity contribution in [1.82, 2.24) is 14.1 Å². The SMILES string of the molecule is Cn1c(=O)c2c(NC(=O)C3c4ccccc4Oc4ccccc43)ccnc2n(C)c1=O. The molecule has 0 spiro atoms. The fourth-order valence-electron chi connectivity index (χ4n) is 3.99. The Balaban J connectivity index is 1.65. The van der Waals surface area contributed by atoms with E-state index in [1.807, 2.05) is 48.5 Å². The lowest BCUT2D eigenvalue weighted by Gasteiger charge is -2.27. The number of ether oxygens (including phenoxy) is 1. The van der Waals surface area contributed by atoms with Crippen LogP contribution in [0.4, 0.5) is 5.69 Å². The minimum Gasteiger partial charge on any atom is -0.457 e. The topological polar surface area (TPSA) is 95.2 Å². The molecule has 8 nitrogen and oxygen atoms in total. The van der Waals surface area contributed by atoms with E-state index in [1.54, 1.807) is 6.07 Å². The number of carbonyl (C=O) groups excluding carboxylic acids is 1. The second kappa shape index (κ2) is 6.94. The van der Waals surface area contributed by atoms with Gasteiger partial charge in [-0.1, -0.05) is 36.4 Å². The van der Waals surface area contributed by atoms with Crippen LogP contribution in [0.2, 0.25) is 0 Å². The maximum Gasteiger partial charge on any atom is 0.332 e. The van der Waals surface area contributed by atoms with Crippen molar-refractivity contribution in [2.24, 2.45) is 14.1 Å². The Morgan fingerprint density at radius 2 is 1.55 bits per heavy atom. The van der Waals surface area contributed by atoms with E-state index in [9.17, 15) is 14.4 Å². The average molecular weight is 414 g/mol. The molecule has 1 aliphatic heterocycles. The molecule has 1 aliphatic rings. The van der Waals surface area contributed by atoms with E-state index in [4.69, 9.17) is 4.74 Å². The predicted octanol–water partition coefficient (Wildman–Crippen LogP) is 2.51. The molecular weight excluding hydrogens is 396 g/mol. The third-order valence-electron chi connectivity index (χ3n) is 5.54. The van der Waals surface area contributed by atoms with E-state index in [2.05, 4.69) is 10.3 Å². The molecular formula is C23H18N4O4. The lowest BCUT2D eigenvalue weighted by atomic mass is 9.87. The Bertz CT molecular complexity index is 1440. The molecule has 0 saturated carbocycles. The van der Waals surface area contributed by atoms with E-state index < -0.39 is 17.2 Å². The summed E-state index contributed by atoms with van der Waals surface area (Å²) in [6.45, 7) is 0. The standard InChI is InChI=1S/C23H18N4O4/c1-26-20-19(22(29)27(2)23(26)30)15(11-12-24-20)25-21(28)18-13-7-3-5-9-16(13)31-17-10-6-4-8-14(17)18/h3-12,18H,1-2H3,(H,24,25,28). The summed E-state index contributed by atoms with van der Waals surface area (Å²) in [5.41, 5.74) is 0.969. The normalized spacial score (nSPS) is 12.7. The van der Waals surface area contributed by atoms with Crippen LogP contribution in [-0.2, 0) is 18.9 Å². The molecule has 0 aliphatic carbocycles. The Labute approximate surface area is 176 Å². The molecule has 2 aromatic carbocycles. The number of hydrogen-bond acceptors (Lipinski definition) is 5. The molecule has 1 amide bonds. The highest BCUT2D eigenvalue weighted by Crippen LogP contribution is 2.44. The molecule has 1 N–H and O–H groups in total. The summed E-state index contributed by atoms with van der Waals surface area (Å²) in [6, 6.07) is 16.3. The van der Waals surface area contributed by atoms with Crippen molar-refractivity contribution in [2.45, 2.75) is 5.92 Å². The van der Waals surface area contributed by atoms with E-state index >= 15 is 0 Å². The van der Waals surface area contributed by atoms with Gasteiger partial charge in [0.25, 0.3) is 5.56 Å². The molecule has 5 rings (SSSR count). The summed E-state index contributed by atoms with van der Waals surface area (Å²) >= 11 is 0. The summed E-state index contributed by atoms with van der Waals surface area (Å²) in [5, 5.41) is 3.06. The van der Waals surface area contributed by atoms with Gasteiger partial charge in [-0.15, -0.1) is 0 Å². The van der Waals surface area contributed by atoms with Gasteiger partial charge in [0.2, 0.25) is 5.91 Å². The number of benzene rings is 2. The first kappa shape index (κ1) is 18.8. The molecule has 0 saturated heterocycles. The number of carbonyl (C=O) groups is 1. The molecule has 0 fully saturated rings. The van der Waals surface area contributed by atoms with Gasteiger partial charge in [-0.05, 0) is 18.2 Å². The second-order valence-electron chi connectivity index (χ2n) is 7.36. The van der Waals surface area contributed by atoms with Crippen LogP contribution in [0.15, 0.2) is 70.4 Å². The first-order chi connectivity index (χ1) is 15.0. The number of aromatic nitrogens is 3. The Morgan fingerprint density at radius 3 is 2.19 bits per heavy atom. The molecule has 2 aromatic heterocycles. The number of amides is 1. The minimum atomic E-state index is -0.624. The zero-order valence-electron chi connectivity index (χ0n) is 16.8. The number of para-hydroxylation sites is 2. The molecule has 0 radical (unpaired) electrons. The van der Waals surface area contributed by atoms with Gasteiger partial charge >= 0.3 is 5.69 Å². The Morgan fingerprint density at radius 1 is 0.935 bits per heavy atom. The van der Waals surface area contributed by atoms with E-state index in [0.29, 0.717) is 17.2 Å². The zero-order valence-corrected chi connectivity index (χ0v) is 16.8. The van der Waals surface area contributed by atoms with Crippen molar-refractivity contribution in [1.29, 1.82) is 0 Å². The molecule has 154 valence electrons. The van der Waals surface area contributed by atoms with E-state index in [0.717, 1.165) is 15.7 Å². The monoisotopic (exact) mass is 414 g/mol. The van der Waals surface area contributed by atoms with Gasteiger partial charge in [0.15, 0.2) is 5.65 Å². The largest absolute Gasteiger partial charge is 0.457 e. The van der Waals surface area contributed by atoms with Crippen molar-refractivity contribution in [3.05, 3.63) is 92.8 Å². The number of rotatable bonds is 2. The maximum atomic E-state index is 13.5. The third kappa shape index (κ3) is 2.83. The first-order valence-corrected chi connectivity index (χ1v) is 9.68. The van der Waals surface area contributed by atoms with Crippen molar-refractivity contribution >= 4 is 22.6 Å². The number of nitrogens with zero attached hydrogens (tertiary/aromatic N) is 3. The van der Waals surface area contributed by atoms with Crippen LogP contribution in [0.5, 0.6) is 11.5 Å². The van der Waals surface area contributed by atoms with Gasteiger partial charge in [0.1, 0.15) is 16.9 Å². The third-order valence-corrected chi connectivity index (χ3v) is 5.54. The van der Waals surface area contributed by atoms with Crippen LogP contribution in [0.25, 0.3) is 11.0 Å². The van der Waals surface area contributed by atoms with Crippen molar-refractivity contribution in [3.8, 4) is 11.5 Å². The number of nitrogens with one attached hydrogen (secondary N) is 1.